The molecule has 2 aromatic carbocycles. The van der Waals surface area contributed by atoms with E-state index in [4.69, 9.17) is 30.4 Å². The fourth-order valence-electron chi connectivity index (χ4n) is 3.71. The summed E-state index contributed by atoms with van der Waals surface area (Å²) in [6.45, 7) is -0.486. The highest BCUT2D eigenvalue weighted by atomic mass is 35.5. The van der Waals surface area contributed by atoms with Gasteiger partial charge in [0.1, 0.15) is 6.10 Å². The summed E-state index contributed by atoms with van der Waals surface area (Å²) in [6, 6.07) is 11.0. The van der Waals surface area contributed by atoms with E-state index in [0.29, 0.717) is 29.4 Å². The van der Waals surface area contributed by atoms with Crippen LogP contribution in [0.1, 0.15) is 24.3 Å². The van der Waals surface area contributed by atoms with E-state index in [1.807, 2.05) is 6.07 Å². The molecule has 9 heteroatoms. The van der Waals surface area contributed by atoms with Gasteiger partial charge in [-0.15, -0.1) is 0 Å². The number of hydrogen-bond donors (Lipinski definition) is 1. The van der Waals surface area contributed by atoms with Gasteiger partial charge in [-0.3, -0.25) is 4.18 Å². The summed E-state index contributed by atoms with van der Waals surface area (Å²) in [7, 11) is -3.96. The van der Waals surface area contributed by atoms with Crippen LogP contribution in [0.3, 0.4) is 0 Å². The summed E-state index contributed by atoms with van der Waals surface area (Å²) in [5.41, 5.74) is 0.765. The fourth-order valence-corrected chi connectivity index (χ4v) is 4.96. The summed E-state index contributed by atoms with van der Waals surface area (Å²) in [5, 5.41) is 9.26. The lowest BCUT2D eigenvalue weighted by Gasteiger charge is -2.18. The topological polar surface area (TPSA) is 99.1 Å². The number of rotatable bonds is 6. The molecule has 7 nitrogen and oxygen atoms in total. The predicted molar refractivity (Wildman–Crippen MR) is 99.5 cm³/mol. The van der Waals surface area contributed by atoms with Crippen molar-refractivity contribution in [2.75, 3.05) is 6.61 Å². The average Bonchev–Trinajstić information content (AvgIpc) is 3.20. The maximum Gasteiger partial charge on any atom is 0.341 e. The van der Waals surface area contributed by atoms with Crippen LogP contribution in [-0.4, -0.2) is 38.3 Å². The zero-order valence-electron chi connectivity index (χ0n) is 14.6. The van der Waals surface area contributed by atoms with Gasteiger partial charge < -0.3 is 14.6 Å². The lowest BCUT2D eigenvalue weighted by atomic mass is 9.95. The van der Waals surface area contributed by atoms with Crippen LogP contribution in [0.25, 0.3) is 0 Å². The number of carboxylic acids is 1. The van der Waals surface area contributed by atoms with Gasteiger partial charge >= 0.3 is 5.97 Å². The van der Waals surface area contributed by atoms with Crippen LogP contribution < -0.4 is 9.47 Å². The molecule has 2 aliphatic rings. The van der Waals surface area contributed by atoms with Gasteiger partial charge in [0.05, 0.1) is 16.9 Å². The molecule has 1 heterocycles. The van der Waals surface area contributed by atoms with Gasteiger partial charge in [0, 0.05) is 10.6 Å². The van der Waals surface area contributed by atoms with E-state index in [2.05, 4.69) is 0 Å². The summed E-state index contributed by atoms with van der Waals surface area (Å²) in [5.74, 6) is -0.582. The molecule has 0 saturated heterocycles. The number of para-hydroxylation sites is 1. The van der Waals surface area contributed by atoms with Gasteiger partial charge in [-0.1, -0.05) is 23.7 Å². The minimum absolute atomic E-state index is 0.0398. The van der Waals surface area contributed by atoms with E-state index in [0.717, 1.165) is 5.56 Å². The Morgan fingerprint density at radius 1 is 1.18 bits per heavy atom. The van der Waals surface area contributed by atoms with Crippen molar-refractivity contribution < 1.29 is 32.0 Å². The minimum Gasteiger partial charge on any atom is -0.485 e. The van der Waals surface area contributed by atoms with Crippen molar-refractivity contribution in [1.82, 2.24) is 0 Å². The molecule has 1 N–H and O–H groups in total. The van der Waals surface area contributed by atoms with Gasteiger partial charge in [0.15, 0.2) is 18.1 Å². The molecule has 0 bridgehead atoms. The molecule has 3 atom stereocenters. The second kappa shape index (κ2) is 7.27. The molecule has 3 unspecified atom stereocenters. The van der Waals surface area contributed by atoms with Gasteiger partial charge in [-0.25, -0.2) is 4.79 Å². The van der Waals surface area contributed by atoms with Crippen molar-refractivity contribution in [3.05, 3.63) is 53.1 Å². The SMILES string of the molecule is O=C(O)COc1cccc2c1OC1CCC(OS(=O)(=O)c3ccc(Cl)cc3)C21. The van der Waals surface area contributed by atoms with Crippen LogP contribution in [0.5, 0.6) is 11.5 Å². The normalized spacial score (nSPS) is 23.0. The van der Waals surface area contributed by atoms with Gasteiger partial charge in [0.2, 0.25) is 0 Å². The number of carboxylic acid groups (broad SMARTS) is 1. The second-order valence-electron chi connectivity index (χ2n) is 6.66. The Kier molecular flexibility index (Phi) is 4.95. The smallest absolute Gasteiger partial charge is 0.341 e. The highest BCUT2D eigenvalue weighted by Crippen LogP contribution is 2.52. The van der Waals surface area contributed by atoms with Gasteiger partial charge in [-0.2, -0.15) is 8.42 Å². The standard InChI is InChI=1S/C19H17ClO7S/c20-11-4-6-12(7-5-11)28(23,24)27-15-9-8-14-18(15)13-2-1-3-16(19(13)26-14)25-10-17(21)22/h1-7,14-15,18H,8-10H2,(H,21,22). The molecule has 148 valence electrons. The van der Waals surface area contributed by atoms with Crippen LogP contribution in [0, 0.1) is 0 Å². The lowest BCUT2D eigenvalue weighted by molar-refractivity contribution is -0.139. The lowest BCUT2D eigenvalue weighted by Crippen LogP contribution is -2.24. The van der Waals surface area contributed by atoms with Crippen LogP contribution >= 0.6 is 11.6 Å². The Hall–Kier alpha value is -2.29. The summed E-state index contributed by atoms with van der Waals surface area (Å²) < 4.78 is 42.1. The molecule has 0 spiro atoms. The summed E-state index contributed by atoms with van der Waals surface area (Å²) in [4.78, 5) is 10.8. The van der Waals surface area contributed by atoms with Crippen molar-refractivity contribution in [2.24, 2.45) is 0 Å². The first-order valence-electron chi connectivity index (χ1n) is 8.68. The average molecular weight is 425 g/mol. The minimum atomic E-state index is -3.96. The van der Waals surface area contributed by atoms with Crippen molar-refractivity contribution >= 4 is 27.7 Å². The van der Waals surface area contributed by atoms with E-state index in [9.17, 15) is 13.2 Å². The number of benzene rings is 2. The first-order valence-corrected chi connectivity index (χ1v) is 10.5. The molecular weight excluding hydrogens is 408 g/mol. The Balaban J connectivity index is 1.58. The fraction of sp³-hybridized carbons (Fsp3) is 0.316. The zero-order chi connectivity index (χ0) is 19.9. The predicted octanol–water partition coefficient (Wildman–Crippen LogP) is 3.22. The van der Waals surface area contributed by atoms with Crippen molar-refractivity contribution in [1.29, 1.82) is 0 Å². The first kappa shape index (κ1) is 19.0. The Labute approximate surface area is 166 Å². The van der Waals surface area contributed by atoms with E-state index in [-0.39, 0.29) is 16.9 Å². The number of fused-ring (bicyclic) bond motifs is 3. The third kappa shape index (κ3) is 3.55. The van der Waals surface area contributed by atoms with Crippen molar-refractivity contribution in [3.8, 4) is 11.5 Å². The number of halogens is 1. The van der Waals surface area contributed by atoms with Crippen LogP contribution in [0.4, 0.5) is 0 Å². The Bertz CT molecular complexity index is 1000. The molecule has 1 fully saturated rings. The molecule has 0 radical (unpaired) electrons. The van der Waals surface area contributed by atoms with E-state index >= 15 is 0 Å². The number of ether oxygens (including phenoxy) is 2. The van der Waals surface area contributed by atoms with E-state index in [1.54, 1.807) is 12.1 Å². The third-order valence-electron chi connectivity index (χ3n) is 4.88. The Morgan fingerprint density at radius 3 is 2.64 bits per heavy atom. The molecule has 28 heavy (non-hydrogen) atoms. The van der Waals surface area contributed by atoms with Gasteiger partial charge in [-0.05, 0) is 43.2 Å². The first-order chi connectivity index (χ1) is 13.3. The molecule has 0 amide bonds. The number of carbonyl (C=O) groups is 1. The molecule has 1 aliphatic heterocycles. The molecular formula is C19H17ClO7S. The van der Waals surface area contributed by atoms with Crippen LogP contribution in [0.2, 0.25) is 5.02 Å². The zero-order valence-corrected chi connectivity index (χ0v) is 16.2. The van der Waals surface area contributed by atoms with Crippen molar-refractivity contribution in [3.63, 3.8) is 0 Å². The Morgan fingerprint density at radius 2 is 1.93 bits per heavy atom. The monoisotopic (exact) mass is 424 g/mol. The van der Waals surface area contributed by atoms with Gasteiger partial charge in [0.25, 0.3) is 10.1 Å². The highest BCUT2D eigenvalue weighted by Gasteiger charge is 2.48. The quantitative estimate of drug-likeness (QED) is 0.710. The number of aliphatic carboxylic acids is 1. The molecule has 1 saturated carbocycles. The number of hydrogen-bond acceptors (Lipinski definition) is 6. The maximum absolute atomic E-state index is 12.6. The summed E-state index contributed by atoms with van der Waals surface area (Å²) in [6.07, 6.45) is 0.331. The summed E-state index contributed by atoms with van der Waals surface area (Å²) >= 11 is 5.82. The third-order valence-corrected chi connectivity index (χ3v) is 6.48. The van der Waals surface area contributed by atoms with Crippen LogP contribution in [-0.2, 0) is 19.1 Å². The second-order valence-corrected chi connectivity index (χ2v) is 8.67. The molecule has 1 aliphatic carbocycles. The largest absolute Gasteiger partial charge is 0.485 e. The van der Waals surface area contributed by atoms with E-state index < -0.39 is 28.8 Å². The van der Waals surface area contributed by atoms with E-state index in [1.165, 1.54) is 24.3 Å². The molecule has 0 aromatic heterocycles. The molecule has 2 aromatic rings. The molecule has 4 rings (SSSR count). The van der Waals surface area contributed by atoms with Crippen molar-refractivity contribution in [2.45, 2.75) is 35.9 Å². The van der Waals surface area contributed by atoms with Crippen LogP contribution in [0.15, 0.2) is 47.4 Å². The maximum atomic E-state index is 12.6. The highest BCUT2D eigenvalue weighted by molar-refractivity contribution is 7.86.